The lowest BCUT2D eigenvalue weighted by atomic mass is 10.2. The Labute approximate surface area is 128 Å². The molecule has 2 rings (SSSR count). The fourth-order valence-corrected chi connectivity index (χ4v) is 2.81. The molecular formula is C15H21N3O2S. The number of carbonyl (C=O) groups excluding carboxylic acids is 1. The topological polar surface area (TPSA) is 72.4 Å². The van der Waals surface area contributed by atoms with Crippen molar-refractivity contribution in [3.8, 4) is 0 Å². The van der Waals surface area contributed by atoms with E-state index in [0.717, 1.165) is 16.5 Å². The minimum Gasteiger partial charge on any atom is -0.464 e. The van der Waals surface area contributed by atoms with Gasteiger partial charge in [-0.2, -0.15) is 0 Å². The Hall–Kier alpha value is -1.66. The van der Waals surface area contributed by atoms with Gasteiger partial charge in [0.25, 0.3) is 5.91 Å². The minimum absolute atomic E-state index is 0.0708. The van der Waals surface area contributed by atoms with Gasteiger partial charge >= 0.3 is 0 Å². The van der Waals surface area contributed by atoms with Crippen LogP contribution >= 0.6 is 11.3 Å². The number of carbonyl (C=O) groups is 1. The smallest absolute Gasteiger partial charge is 0.273 e. The second-order valence-electron chi connectivity index (χ2n) is 5.20. The summed E-state index contributed by atoms with van der Waals surface area (Å²) in [6.07, 6.45) is 0.705. The highest BCUT2D eigenvalue weighted by atomic mass is 32.1. The number of hydrogen-bond acceptors (Lipinski definition) is 5. The van der Waals surface area contributed by atoms with Crippen LogP contribution in [0.5, 0.6) is 0 Å². The van der Waals surface area contributed by atoms with Gasteiger partial charge in [0.1, 0.15) is 17.2 Å². The molecule has 0 radical (unpaired) electrons. The highest BCUT2D eigenvalue weighted by molar-refractivity contribution is 7.09. The van der Waals surface area contributed by atoms with Crippen LogP contribution in [0.2, 0.25) is 0 Å². The van der Waals surface area contributed by atoms with Crippen LogP contribution < -0.4 is 5.73 Å². The van der Waals surface area contributed by atoms with E-state index in [2.05, 4.69) is 4.98 Å². The maximum Gasteiger partial charge on any atom is 0.273 e. The van der Waals surface area contributed by atoms with E-state index in [0.29, 0.717) is 25.2 Å². The number of nitrogens with zero attached hydrogens (tertiary/aromatic N) is 2. The lowest BCUT2D eigenvalue weighted by Crippen LogP contribution is -2.36. The summed E-state index contributed by atoms with van der Waals surface area (Å²) in [4.78, 5) is 18.7. The average molecular weight is 307 g/mol. The molecule has 0 aromatic carbocycles. The van der Waals surface area contributed by atoms with E-state index in [4.69, 9.17) is 10.2 Å². The average Bonchev–Trinajstić information content (AvgIpc) is 3.05. The molecule has 0 atom stereocenters. The lowest BCUT2D eigenvalue weighted by Gasteiger charge is -2.25. The largest absolute Gasteiger partial charge is 0.464 e. The number of nitrogens with two attached hydrogens (primary N) is 1. The highest BCUT2D eigenvalue weighted by Gasteiger charge is 2.22. The molecule has 114 valence electrons. The summed E-state index contributed by atoms with van der Waals surface area (Å²) in [6, 6.07) is 3.88. The number of aromatic nitrogens is 1. The SMILES string of the molecule is Cc1ccc(CN(C(=O)c2csc(CCN)n2)C(C)C)o1. The van der Waals surface area contributed by atoms with Crippen molar-refractivity contribution in [2.75, 3.05) is 6.54 Å². The van der Waals surface area contributed by atoms with Crippen LogP contribution in [0.1, 0.15) is 40.9 Å². The van der Waals surface area contributed by atoms with Gasteiger partial charge in [-0.1, -0.05) is 0 Å². The number of rotatable bonds is 6. The van der Waals surface area contributed by atoms with Crippen molar-refractivity contribution in [3.05, 3.63) is 39.7 Å². The highest BCUT2D eigenvalue weighted by Crippen LogP contribution is 2.17. The van der Waals surface area contributed by atoms with E-state index in [1.807, 2.05) is 32.9 Å². The molecule has 0 saturated carbocycles. The van der Waals surface area contributed by atoms with Gasteiger partial charge in [0, 0.05) is 17.8 Å². The molecule has 0 aliphatic heterocycles. The van der Waals surface area contributed by atoms with Gasteiger partial charge in [-0.15, -0.1) is 11.3 Å². The van der Waals surface area contributed by atoms with Crippen LogP contribution in [-0.4, -0.2) is 28.4 Å². The zero-order valence-electron chi connectivity index (χ0n) is 12.6. The van der Waals surface area contributed by atoms with Crippen molar-refractivity contribution in [2.24, 2.45) is 5.73 Å². The number of thiazole rings is 1. The Morgan fingerprint density at radius 3 is 2.81 bits per heavy atom. The molecule has 2 aromatic rings. The molecule has 0 aliphatic rings. The maximum absolute atomic E-state index is 12.6. The zero-order valence-corrected chi connectivity index (χ0v) is 13.4. The van der Waals surface area contributed by atoms with Crippen LogP contribution in [-0.2, 0) is 13.0 Å². The van der Waals surface area contributed by atoms with Gasteiger partial charge in [-0.3, -0.25) is 4.79 Å². The van der Waals surface area contributed by atoms with Gasteiger partial charge in [-0.25, -0.2) is 4.98 Å². The van der Waals surface area contributed by atoms with E-state index < -0.39 is 0 Å². The second-order valence-corrected chi connectivity index (χ2v) is 6.15. The van der Waals surface area contributed by atoms with Crippen molar-refractivity contribution in [3.63, 3.8) is 0 Å². The van der Waals surface area contributed by atoms with Crippen LogP contribution in [0.15, 0.2) is 21.9 Å². The van der Waals surface area contributed by atoms with E-state index >= 15 is 0 Å². The molecular weight excluding hydrogens is 286 g/mol. The normalized spacial score (nSPS) is 11.1. The van der Waals surface area contributed by atoms with Crippen molar-refractivity contribution in [2.45, 2.75) is 39.8 Å². The molecule has 2 aromatic heterocycles. The summed E-state index contributed by atoms with van der Waals surface area (Å²) in [5, 5.41) is 2.70. The zero-order chi connectivity index (χ0) is 15.4. The number of amides is 1. The predicted molar refractivity (Wildman–Crippen MR) is 83.3 cm³/mol. The Bertz CT molecular complexity index is 604. The van der Waals surface area contributed by atoms with Gasteiger partial charge in [0.15, 0.2) is 0 Å². The molecule has 1 amide bonds. The summed E-state index contributed by atoms with van der Waals surface area (Å²) >= 11 is 1.48. The predicted octanol–water partition coefficient (Wildman–Crippen LogP) is 2.60. The molecule has 21 heavy (non-hydrogen) atoms. The van der Waals surface area contributed by atoms with Gasteiger partial charge < -0.3 is 15.1 Å². The van der Waals surface area contributed by atoms with Crippen LogP contribution in [0.4, 0.5) is 0 Å². The molecule has 0 spiro atoms. The molecule has 2 N–H and O–H groups in total. The number of hydrogen-bond donors (Lipinski definition) is 1. The molecule has 0 aliphatic carbocycles. The molecule has 0 bridgehead atoms. The standard InChI is InChI=1S/C15H21N3O2S/c1-10(2)18(8-12-5-4-11(3)20-12)15(19)13-9-21-14(17-13)6-7-16/h4-5,9-10H,6-8,16H2,1-3H3. The third-order valence-electron chi connectivity index (χ3n) is 3.14. The Morgan fingerprint density at radius 2 is 2.24 bits per heavy atom. The van der Waals surface area contributed by atoms with E-state index in [-0.39, 0.29) is 11.9 Å². The second kappa shape index (κ2) is 6.87. The Kier molecular flexibility index (Phi) is 5.14. The first-order chi connectivity index (χ1) is 10.0. The van der Waals surface area contributed by atoms with Gasteiger partial charge in [0.2, 0.25) is 0 Å². The monoisotopic (exact) mass is 307 g/mol. The van der Waals surface area contributed by atoms with Crippen LogP contribution in [0, 0.1) is 6.92 Å². The minimum atomic E-state index is -0.0708. The van der Waals surface area contributed by atoms with Gasteiger partial charge in [0.05, 0.1) is 11.6 Å². The maximum atomic E-state index is 12.6. The van der Waals surface area contributed by atoms with Crippen molar-refractivity contribution in [1.82, 2.24) is 9.88 Å². The van der Waals surface area contributed by atoms with Crippen LogP contribution in [0.3, 0.4) is 0 Å². The third kappa shape index (κ3) is 3.92. The van der Waals surface area contributed by atoms with Crippen molar-refractivity contribution >= 4 is 17.2 Å². The molecule has 6 heteroatoms. The summed E-state index contributed by atoms with van der Waals surface area (Å²) in [6.45, 7) is 6.86. The van der Waals surface area contributed by atoms with E-state index in [1.165, 1.54) is 11.3 Å². The first kappa shape index (κ1) is 15.7. The summed E-state index contributed by atoms with van der Waals surface area (Å²) in [5.74, 6) is 1.56. The fraction of sp³-hybridized carbons (Fsp3) is 0.467. The van der Waals surface area contributed by atoms with Crippen molar-refractivity contribution < 1.29 is 9.21 Å². The summed E-state index contributed by atoms with van der Waals surface area (Å²) < 4.78 is 5.57. The molecule has 0 saturated heterocycles. The van der Waals surface area contributed by atoms with Crippen LogP contribution in [0.25, 0.3) is 0 Å². The molecule has 0 fully saturated rings. The van der Waals surface area contributed by atoms with E-state index in [1.54, 1.807) is 10.3 Å². The Balaban J connectivity index is 2.14. The summed E-state index contributed by atoms with van der Waals surface area (Å²) in [7, 11) is 0. The molecule has 0 unspecified atom stereocenters. The Morgan fingerprint density at radius 1 is 1.48 bits per heavy atom. The molecule has 2 heterocycles. The fourth-order valence-electron chi connectivity index (χ4n) is 2.02. The quantitative estimate of drug-likeness (QED) is 0.890. The number of furan rings is 1. The number of aryl methyl sites for hydroxylation is 1. The van der Waals surface area contributed by atoms with E-state index in [9.17, 15) is 4.79 Å². The third-order valence-corrected chi connectivity index (χ3v) is 4.04. The first-order valence-corrected chi connectivity index (χ1v) is 7.90. The summed E-state index contributed by atoms with van der Waals surface area (Å²) in [5.41, 5.74) is 6.00. The lowest BCUT2D eigenvalue weighted by molar-refractivity contribution is 0.0670. The van der Waals surface area contributed by atoms with Crippen molar-refractivity contribution in [1.29, 1.82) is 0 Å². The molecule has 5 nitrogen and oxygen atoms in total. The first-order valence-electron chi connectivity index (χ1n) is 7.02. The van der Waals surface area contributed by atoms with Gasteiger partial charge in [-0.05, 0) is 39.4 Å².